The zero-order chi connectivity index (χ0) is 21.7. The molecule has 2 aromatic heterocycles. The molecule has 31 heavy (non-hydrogen) atoms. The van der Waals surface area contributed by atoms with E-state index in [1.54, 1.807) is 12.1 Å². The molecule has 0 spiro atoms. The molecular weight excluding hydrogens is 397 g/mol. The van der Waals surface area contributed by atoms with Crippen molar-refractivity contribution in [1.29, 1.82) is 0 Å². The minimum Gasteiger partial charge on any atom is -0.381 e. The highest BCUT2D eigenvalue weighted by molar-refractivity contribution is 5.74. The van der Waals surface area contributed by atoms with Crippen LogP contribution in [0.3, 0.4) is 0 Å². The molecule has 8 heteroatoms. The normalized spacial score (nSPS) is 16.7. The molecule has 0 bridgehead atoms. The van der Waals surface area contributed by atoms with Crippen molar-refractivity contribution in [3.8, 4) is 0 Å². The smallest absolute Gasteiger partial charge is 0.315 e. The molecule has 2 N–H and O–H groups in total. The SMILES string of the molecule is CCCC(NC(=O)NCC1(c2cccc(F)c2)CCOCC1)c1nnc2ccccn12. The number of carbonyl (C=O) groups is 1. The van der Waals surface area contributed by atoms with Gasteiger partial charge in [0.05, 0.1) is 6.04 Å². The molecule has 1 aliphatic heterocycles. The summed E-state index contributed by atoms with van der Waals surface area (Å²) in [6, 6.07) is 11.8. The lowest BCUT2D eigenvalue weighted by molar-refractivity contribution is 0.0505. The van der Waals surface area contributed by atoms with Crippen LogP contribution in [-0.4, -0.2) is 40.4 Å². The number of halogens is 1. The average Bonchev–Trinajstić information content (AvgIpc) is 3.22. The molecule has 0 saturated carbocycles. The van der Waals surface area contributed by atoms with Crippen LogP contribution in [0.25, 0.3) is 5.65 Å². The number of ether oxygens (including phenoxy) is 1. The minimum absolute atomic E-state index is 0.262. The first-order chi connectivity index (χ1) is 15.1. The van der Waals surface area contributed by atoms with Gasteiger partial charge in [0.25, 0.3) is 0 Å². The number of fused-ring (bicyclic) bond motifs is 1. The summed E-state index contributed by atoms with van der Waals surface area (Å²) >= 11 is 0. The zero-order valence-electron chi connectivity index (χ0n) is 17.7. The van der Waals surface area contributed by atoms with Crippen LogP contribution in [-0.2, 0) is 10.2 Å². The van der Waals surface area contributed by atoms with E-state index in [0.717, 1.165) is 36.9 Å². The summed E-state index contributed by atoms with van der Waals surface area (Å²) in [5.74, 6) is 0.438. The van der Waals surface area contributed by atoms with Crippen LogP contribution in [0.5, 0.6) is 0 Å². The number of aromatic nitrogens is 3. The van der Waals surface area contributed by atoms with Crippen molar-refractivity contribution in [2.45, 2.75) is 44.1 Å². The zero-order valence-corrected chi connectivity index (χ0v) is 17.7. The quantitative estimate of drug-likeness (QED) is 0.604. The van der Waals surface area contributed by atoms with Crippen LogP contribution in [0.1, 0.15) is 50.0 Å². The lowest BCUT2D eigenvalue weighted by Crippen LogP contribution is -2.48. The molecule has 1 atom stereocenters. The van der Waals surface area contributed by atoms with Crippen molar-refractivity contribution >= 4 is 11.7 Å². The minimum atomic E-state index is -0.348. The van der Waals surface area contributed by atoms with Gasteiger partial charge in [-0.1, -0.05) is 31.5 Å². The number of nitrogens with one attached hydrogen (secondary N) is 2. The number of rotatable bonds is 7. The molecule has 4 rings (SSSR count). The van der Waals surface area contributed by atoms with Crippen LogP contribution in [0, 0.1) is 5.82 Å². The average molecular weight is 426 g/mol. The highest BCUT2D eigenvalue weighted by Gasteiger charge is 2.35. The van der Waals surface area contributed by atoms with Crippen LogP contribution >= 0.6 is 0 Å². The van der Waals surface area contributed by atoms with Crippen LogP contribution in [0.2, 0.25) is 0 Å². The lowest BCUT2D eigenvalue weighted by atomic mass is 9.74. The first-order valence-corrected chi connectivity index (χ1v) is 10.8. The molecule has 3 heterocycles. The van der Waals surface area contributed by atoms with Crippen molar-refractivity contribution < 1.29 is 13.9 Å². The Bertz CT molecular complexity index is 1030. The highest BCUT2D eigenvalue weighted by Crippen LogP contribution is 2.34. The van der Waals surface area contributed by atoms with Gasteiger partial charge in [-0.25, -0.2) is 9.18 Å². The van der Waals surface area contributed by atoms with Crippen LogP contribution in [0.15, 0.2) is 48.7 Å². The van der Waals surface area contributed by atoms with Gasteiger partial charge in [0.15, 0.2) is 11.5 Å². The van der Waals surface area contributed by atoms with E-state index in [0.29, 0.717) is 25.6 Å². The molecule has 0 aliphatic carbocycles. The highest BCUT2D eigenvalue weighted by atomic mass is 19.1. The third kappa shape index (κ3) is 4.69. The van der Waals surface area contributed by atoms with Crippen molar-refractivity contribution in [3.05, 3.63) is 65.9 Å². The topological polar surface area (TPSA) is 80.5 Å². The largest absolute Gasteiger partial charge is 0.381 e. The van der Waals surface area contributed by atoms with Gasteiger partial charge in [-0.3, -0.25) is 4.40 Å². The second-order valence-corrected chi connectivity index (χ2v) is 8.06. The summed E-state index contributed by atoms with van der Waals surface area (Å²) in [6.07, 6.45) is 4.98. The maximum atomic E-state index is 13.9. The number of nitrogens with zero attached hydrogens (tertiary/aromatic N) is 3. The fourth-order valence-corrected chi connectivity index (χ4v) is 4.26. The molecule has 1 saturated heterocycles. The molecular formula is C23H28FN5O2. The van der Waals surface area contributed by atoms with Crippen molar-refractivity contribution in [1.82, 2.24) is 25.2 Å². The fraction of sp³-hybridized carbons (Fsp3) is 0.435. The second kappa shape index (κ2) is 9.43. The van der Waals surface area contributed by atoms with E-state index in [1.807, 2.05) is 34.9 Å². The van der Waals surface area contributed by atoms with Gasteiger partial charge in [0, 0.05) is 31.4 Å². The molecule has 1 aromatic carbocycles. The number of hydrogen-bond acceptors (Lipinski definition) is 4. The Morgan fingerprint density at radius 2 is 2.06 bits per heavy atom. The summed E-state index contributed by atoms with van der Waals surface area (Å²) < 4.78 is 21.3. The van der Waals surface area contributed by atoms with Crippen LogP contribution < -0.4 is 10.6 Å². The Morgan fingerprint density at radius 1 is 1.23 bits per heavy atom. The van der Waals surface area contributed by atoms with Gasteiger partial charge in [-0.05, 0) is 49.1 Å². The molecule has 0 radical (unpaired) electrons. The molecule has 1 fully saturated rings. The second-order valence-electron chi connectivity index (χ2n) is 8.06. The predicted molar refractivity (Wildman–Crippen MR) is 115 cm³/mol. The molecule has 3 aromatic rings. The first kappa shape index (κ1) is 21.2. The van der Waals surface area contributed by atoms with Crippen molar-refractivity contribution in [3.63, 3.8) is 0 Å². The van der Waals surface area contributed by atoms with Gasteiger partial charge < -0.3 is 15.4 Å². The Hall–Kier alpha value is -3.00. The van der Waals surface area contributed by atoms with Crippen molar-refractivity contribution in [2.24, 2.45) is 0 Å². The molecule has 2 amide bonds. The lowest BCUT2D eigenvalue weighted by Gasteiger charge is -2.38. The third-order valence-corrected chi connectivity index (χ3v) is 6.01. The van der Waals surface area contributed by atoms with Gasteiger partial charge in [-0.2, -0.15) is 0 Å². The molecule has 7 nitrogen and oxygen atoms in total. The van der Waals surface area contributed by atoms with Crippen LogP contribution in [0.4, 0.5) is 9.18 Å². The standard InChI is InChI=1S/C23H28FN5O2/c1-2-6-19(21-28-27-20-9-3-4-12-29(20)21)26-22(30)25-16-23(10-13-31-14-11-23)17-7-5-8-18(24)15-17/h3-5,7-9,12,15,19H,2,6,10-11,13-14,16H2,1H3,(H2,25,26,30). The fourth-order valence-electron chi connectivity index (χ4n) is 4.26. The predicted octanol–water partition coefficient (Wildman–Crippen LogP) is 3.76. The Morgan fingerprint density at radius 3 is 2.84 bits per heavy atom. The number of carbonyl (C=O) groups excluding carboxylic acids is 1. The number of hydrogen-bond donors (Lipinski definition) is 2. The molecule has 1 aliphatic rings. The molecule has 164 valence electrons. The molecule has 1 unspecified atom stereocenters. The van der Waals surface area contributed by atoms with Gasteiger partial charge in [0.1, 0.15) is 5.82 Å². The van der Waals surface area contributed by atoms with E-state index in [4.69, 9.17) is 4.74 Å². The van der Waals surface area contributed by atoms with E-state index in [1.165, 1.54) is 6.07 Å². The monoisotopic (exact) mass is 425 g/mol. The number of benzene rings is 1. The Kier molecular flexibility index (Phi) is 6.46. The van der Waals surface area contributed by atoms with E-state index < -0.39 is 0 Å². The van der Waals surface area contributed by atoms with E-state index in [2.05, 4.69) is 27.8 Å². The van der Waals surface area contributed by atoms with E-state index in [-0.39, 0.29) is 23.3 Å². The summed E-state index contributed by atoms with van der Waals surface area (Å²) in [4.78, 5) is 12.9. The summed E-state index contributed by atoms with van der Waals surface area (Å²) in [5, 5.41) is 14.6. The van der Waals surface area contributed by atoms with Gasteiger partial charge in [0.2, 0.25) is 0 Å². The maximum Gasteiger partial charge on any atom is 0.315 e. The summed E-state index contributed by atoms with van der Waals surface area (Å²) in [6.45, 7) is 3.65. The number of pyridine rings is 1. The van der Waals surface area contributed by atoms with Crippen molar-refractivity contribution in [2.75, 3.05) is 19.8 Å². The van der Waals surface area contributed by atoms with Gasteiger partial charge in [-0.15, -0.1) is 10.2 Å². The van der Waals surface area contributed by atoms with E-state index in [9.17, 15) is 9.18 Å². The summed E-state index contributed by atoms with van der Waals surface area (Å²) in [7, 11) is 0. The third-order valence-electron chi connectivity index (χ3n) is 6.01. The Labute approximate surface area is 181 Å². The first-order valence-electron chi connectivity index (χ1n) is 10.8. The van der Waals surface area contributed by atoms with E-state index >= 15 is 0 Å². The number of amides is 2. The van der Waals surface area contributed by atoms with Gasteiger partial charge >= 0.3 is 6.03 Å². The number of urea groups is 1. The maximum absolute atomic E-state index is 13.9. The summed E-state index contributed by atoms with van der Waals surface area (Å²) in [5.41, 5.74) is 1.29. The Balaban J connectivity index is 1.48.